The van der Waals surface area contributed by atoms with Crippen LogP contribution in [0.15, 0.2) is 18.2 Å². The number of ketones is 1. The summed E-state index contributed by atoms with van der Waals surface area (Å²) < 4.78 is 10.1. The number of benzene rings is 1. The predicted octanol–water partition coefficient (Wildman–Crippen LogP) is 1.36. The molecule has 0 heterocycles. The molecule has 0 radical (unpaired) electrons. The molecule has 86 valence electrons. The number of carbonyl (C=O) groups is 2. The molecular formula is C11H12O5. The van der Waals surface area contributed by atoms with E-state index in [2.05, 4.69) is 0 Å². The van der Waals surface area contributed by atoms with Gasteiger partial charge in [0, 0.05) is 0 Å². The fourth-order valence-electron chi connectivity index (χ4n) is 1.29. The van der Waals surface area contributed by atoms with E-state index in [-0.39, 0.29) is 17.1 Å². The van der Waals surface area contributed by atoms with E-state index in [1.807, 2.05) is 0 Å². The van der Waals surface area contributed by atoms with Gasteiger partial charge in [-0.25, -0.2) is 4.79 Å². The second kappa shape index (κ2) is 5.16. The van der Waals surface area contributed by atoms with Gasteiger partial charge in [-0.05, 0) is 19.1 Å². The van der Waals surface area contributed by atoms with E-state index < -0.39 is 11.8 Å². The van der Waals surface area contributed by atoms with E-state index >= 15 is 0 Å². The van der Waals surface area contributed by atoms with Crippen LogP contribution in [0.1, 0.15) is 17.3 Å². The molecule has 0 unspecified atom stereocenters. The second-order valence-corrected chi connectivity index (χ2v) is 2.90. The highest BCUT2D eigenvalue weighted by Crippen LogP contribution is 2.28. The molecule has 0 aliphatic carbocycles. The Bertz CT molecular complexity index is 411. The van der Waals surface area contributed by atoms with Crippen molar-refractivity contribution < 1.29 is 24.2 Å². The number of ether oxygens (including phenoxy) is 2. The Hall–Kier alpha value is -2.04. The number of Topliss-reactive ketones (excluding diaryl/α,β-unsaturated/α-hetero) is 1. The molecule has 5 nitrogen and oxygen atoms in total. The minimum Gasteiger partial charge on any atom is -0.496 e. The molecule has 0 amide bonds. The quantitative estimate of drug-likeness (QED) is 0.604. The van der Waals surface area contributed by atoms with Crippen molar-refractivity contribution in [2.24, 2.45) is 0 Å². The van der Waals surface area contributed by atoms with Crippen LogP contribution < -0.4 is 9.47 Å². The summed E-state index contributed by atoms with van der Waals surface area (Å²) in [6.07, 6.45) is 0. The van der Waals surface area contributed by atoms with Gasteiger partial charge in [0.25, 0.3) is 5.78 Å². The number of carboxylic acid groups (broad SMARTS) is 1. The Labute approximate surface area is 92.6 Å². The van der Waals surface area contributed by atoms with Crippen LogP contribution in [0, 0.1) is 0 Å². The molecule has 1 aromatic carbocycles. The van der Waals surface area contributed by atoms with Crippen LogP contribution in [0.5, 0.6) is 11.5 Å². The Morgan fingerprint density at radius 2 is 1.94 bits per heavy atom. The van der Waals surface area contributed by atoms with Gasteiger partial charge in [-0.15, -0.1) is 0 Å². The van der Waals surface area contributed by atoms with Gasteiger partial charge in [-0.1, -0.05) is 6.07 Å². The zero-order valence-electron chi connectivity index (χ0n) is 9.02. The summed E-state index contributed by atoms with van der Waals surface area (Å²) in [4.78, 5) is 22.1. The number of methoxy groups -OCH3 is 1. The Morgan fingerprint density at radius 1 is 1.31 bits per heavy atom. The third kappa shape index (κ3) is 2.31. The molecule has 0 fully saturated rings. The lowest BCUT2D eigenvalue weighted by atomic mass is 10.1. The smallest absolute Gasteiger partial charge is 0.377 e. The number of carboxylic acids is 1. The first-order valence-corrected chi connectivity index (χ1v) is 4.69. The maximum atomic E-state index is 11.5. The zero-order valence-corrected chi connectivity index (χ0v) is 9.02. The van der Waals surface area contributed by atoms with Gasteiger partial charge in [-0.3, -0.25) is 4.79 Å². The number of hydrogen-bond donors (Lipinski definition) is 1. The number of hydrogen-bond acceptors (Lipinski definition) is 4. The highest BCUT2D eigenvalue weighted by atomic mass is 16.5. The topological polar surface area (TPSA) is 72.8 Å². The molecule has 1 aromatic rings. The highest BCUT2D eigenvalue weighted by Gasteiger charge is 2.23. The lowest BCUT2D eigenvalue weighted by Gasteiger charge is -2.11. The molecule has 0 saturated heterocycles. The van der Waals surface area contributed by atoms with Crippen molar-refractivity contribution in [1.82, 2.24) is 0 Å². The van der Waals surface area contributed by atoms with Gasteiger partial charge in [0.05, 0.1) is 13.7 Å². The van der Waals surface area contributed by atoms with Crippen LogP contribution >= 0.6 is 0 Å². The molecule has 0 aliphatic rings. The molecule has 0 atom stereocenters. The summed E-state index contributed by atoms with van der Waals surface area (Å²) in [7, 11) is 1.36. The van der Waals surface area contributed by atoms with Crippen molar-refractivity contribution in [3.05, 3.63) is 23.8 Å². The van der Waals surface area contributed by atoms with E-state index in [0.29, 0.717) is 6.61 Å². The SMILES string of the molecule is CCOc1cccc(OC)c1C(=O)C(=O)O. The molecule has 16 heavy (non-hydrogen) atoms. The number of carbonyl (C=O) groups excluding carboxylic acids is 1. The summed E-state index contributed by atoms with van der Waals surface area (Å²) >= 11 is 0. The fourth-order valence-corrected chi connectivity index (χ4v) is 1.29. The van der Waals surface area contributed by atoms with E-state index in [4.69, 9.17) is 14.6 Å². The lowest BCUT2D eigenvalue weighted by Crippen LogP contribution is -2.15. The van der Waals surface area contributed by atoms with Gasteiger partial charge in [-0.2, -0.15) is 0 Å². The molecule has 1 rings (SSSR count). The predicted molar refractivity (Wildman–Crippen MR) is 56.1 cm³/mol. The molecular weight excluding hydrogens is 212 g/mol. The average Bonchev–Trinajstić information content (AvgIpc) is 2.28. The largest absolute Gasteiger partial charge is 0.496 e. The van der Waals surface area contributed by atoms with Crippen LogP contribution in [0.2, 0.25) is 0 Å². The van der Waals surface area contributed by atoms with Crippen LogP contribution in [0.25, 0.3) is 0 Å². The van der Waals surface area contributed by atoms with Crippen LogP contribution in [0.4, 0.5) is 0 Å². The van der Waals surface area contributed by atoms with Crippen molar-refractivity contribution >= 4 is 11.8 Å². The minimum atomic E-state index is -1.54. The summed E-state index contributed by atoms with van der Waals surface area (Å²) in [5, 5.41) is 8.69. The minimum absolute atomic E-state index is 0.0562. The standard InChI is InChI=1S/C11H12O5/c1-3-16-8-6-4-5-7(15-2)9(8)10(12)11(13)14/h4-6H,3H2,1-2H3,(H,13,14). The summed E-state index contributed by atoms with van der Waals surface area (Å²) in [6, 6.07) is 4.67. The van der Waals surface area contributed by atoms with Crippen LogP contribution in [-0.4, -0.2) is 30.6 Å². The van der Waals surface area contributed by atoms with Gasteiger partial charge >= 0.3 is 5.97 Å². The van der Waals surface area contributed by atoms with Crippen molar-refractivity contribution in [2.45, 2.75) is 6.92 Å². The van der Waals surface area contributed by atoms with Crippen molar-refractivity contribution in [3.8, 4) is 11.5 Å². The molecule has 0 bridgehead atoms. The van der Waals surface area contributed by atoms with E-state index in [9.17, 15) is 9.59 Å². The highest BCUT2D eigenvalue weighted by molar-refractivity contribution is 6.41. The molecule has 5 heteroatoms. The van der Waals surface area contributed by atoms with Gasteiger partial charge in [0.15, 0.2) is 0 Å². The number of aliphatic carboxylic acids is 1. The normalized spacial score (nSPS) is 9.62. The average molecular weight is 224 g/mol. The summed E-state index contributed by atoms with van der Waals surface area (Å²) in [5.41, 5.74) is -0.0562. The van der Waals surface area contributed by atoms with Crippen molar-refractivity contribution in [1.29, 1.82) is 0 Å². The summed E-state index contributed by atoms with van der Waals surface area (Å²) in [6.45, 7) is 2.08. The zero-order chi connectivity index (χ0) is 12.1. The maximum Gasteiger partial charge on any atom is 0.377 e. The van der Waals surface area contributed by atoms with Crippen molar-refractivity contribution in [2.75, 3.05) is 13.7 Å². The first-order chi connectivity index (χ1) is 7.61. The monoisotopic (exact) mass is 224 g/mol. The van der Waals surface area contributed by atoms with E-state index in [1.165, 1.54) is 19.2 Å². The van der Waals surface area contributed by atoms with E-state index in [1.54, 1.807) is 13.0 Å². The van der Waals surface area contributed by atoms with Gasteiger partial charge < -0.3 is 14.6 Å². The number of rotatable bonds is 5. The van der Waals surface area contributed by atoms with Gasteiger partial charge in [0.1, 0.15) is 17.1 Å². The maximum absolute atomic E-state index is 11.5. The third-order valence-electron chi connectivity index (χ3n) is 1.93. The van der Waals surface area contributed by atoms with Crippen molar-refractivity contribution in [3.63, 3.8) is 0 Å². The molecule has 0 aliphatic heterocycles. The Kier molecular flexibility index (Phi) is 3.88. The third-order valence-corrected chi connectivity index (χ3v) is 1.93. The lowest BCUT2D eigenvalue weighted by molar-refractivity contribution is -0.131. The molecule has 0 aromatic heterocycles. The second-order valence-electron chi connectivity index (χ2n) is 2.90. The van der Waals surface area contributed by atoms with Crippen LogP contribution in [-0.2, 0) is 4.79 Å². The summed E-state index contributed by atoms with van der Waals surface area (Å²) in [5.74, 6) is -2.17. The fraction of sp³-hybridized carbons (Fsp3) is 0.273. The van der Waals surface area contributed by atoms with Gasteiger partial charge in [0.2, 0.25) is 0 Å². The Morgan fingerprint density at radius 3 is 2.44 bits per heavy atom. The Balaban J connectivity index is 3.29. The molecule has 1 N–H and O–H groups in total. The first kappa shape index (κ1) is 12.0. The molecule has 0 saturated carbocycles. The first-order valence-electron chi connectivity index (χ1n) is 4.69. The van der Waals surface area contributed by atoms with E-state index in [0.717, 1.165) is 0 Å². The molecule has 0 spiro atoms. The van der Waals surface area contributed by atoms with Crippen LogP contribution in [0.3, 0.4) is 0 Å².